The number of benzene rings is 1. The number of hydrogen-bond acceptors (Lipinski definition) is 7. The summed E-state index contributed by atoms with van der Waals surface area (Å²) in [7, 11) is 1.77. The van der Waals surface area contributed by atoms with Gasteiger partial charge in [0.1, 0.15) is 0 Å². The molecule has 1 aromatic heterocycles. The van der Waals surface area contributed by atoms with Crippen molar-refractivity contribution in [2.24, 2.45) is 0 Å². The van der Waals surface area contributed by atoms with Gasteiger partial charge >= 0.3 is 0 Å². The molecule has 9 heteroatoms. The van der Waals surface area contributed by atoms with Crippen LogP contribution in [0.25, 0.3) is 0 Å². The van der Waals surface area contributed by atoms with Crippen LogP contribution in [0.3, 0.4) is 0 Å². The van der Waals surface area contributed by atoms with Crippen molar-refractivity contribution in [3.8, 4) is 0 Å². The van der Waals surface area contributed by atoms with E-state index < -0.39 is 0 Å². The third-order valence-electron chi connectivity index (χ3n) is 3.41. The minimum absolute atomic E-state index is 0.00459. The number of aromatic nitrogens is 2. The second-order valence-electron chi connectivity index (χ2n) is 5.01. The predicted molar refractivity (Wildman–Crippen MR) is 103 cm³/mol. The molecule has 0 fully saturated rings. The molecule has 0 bridgehead atoms. The third kappa shape index (κ3) is 5.43. The molecule has 7 nitrogen and oxygen atoms in total. The number of amides is 2. The number of hydrogen-bond donors (Lipinski definition) is 2. The van der Waals surface area contributed by atoms with Crippen LogP contribution in [0.2, 0.25) is 0 Å². The minimum atomic E-state index is -0.131. The first-order chi connectivity index (χ1) is 12.1. The standard InChI is InChI=1S/C16H21N5O2S2/c1-4-21(5-2)14(23)11-6-8-12(9-7-11)18-13(22)10-24-16-20-19-15(17-3)25-16/h6-9H,4-5,10H2,1-3H3,(H,17,19)(H,18,22). The minimum Gasteiger partial charge on any atom is -0.363 e. The van der Waals surface area contributed by atoms with E-state index in [1.54, 1.807) is 36.2 Å². The van der Waals surface area contributed by atoms with Crippen molar-refractivity contribution in [3.63, 3.8) is 0 Å². The third-order valence-corrected chi connectivity index (χ3v) is 5.49. The number of nitrogens with one attached hydrogen (secondary N) is 2. The molecule has 0 aliphatic rings. The van der Waals surface area contributed by atoms with Gasteiger partial charge in [-0.05, 0) is 38.1 Å². The Labute approximate surface area is 155 Å². The van der Waals surface area contributed by atoms with Gasteiger partial charge in [0.25, 0.3) is 5.91 Å². The van der Waals surface area contributed by atoms with Gasteiger partial charge in [0, 0.05) is 31.4 Å². The van der Waals surface area contributed by atoms with Gasteiger partial charge in [0.2, 0.25) is 11.0 Å². The van der Waals surface area contributed by atoms with Crippen molar-refractivity contribution in [1.82, 2.24) is 15.1 Å². The second-order valence-corrected chi connectivity index (χ2v) is 7.21. The molecule has 134 valence electrons. The Bertz CT molecular complexity index is 714. The molecule has 0 saturated carbocycles. The molecule has 2 aromatic rings. The van der Waals surface area contributed by atoms with E-state index in [0.29, 0.717) is 24.3 Å². The fourth-order valence-electron chi connectivity index (χ4n) is 2.08. The number of rotatable bonds is 8. The monoisotopic (exact) mass is 379 g/mol. The molecule has 2 N–H and O–H groups in total. The Kier molecular flexibility index (Phi) is 7.20. The second kappa shape index (κ2) is 9.38. The smallest absolute Gasteiger partial charge is 0.253 e. The Balaban J connectivity index is 1.87. The summed E-state index contributed by atoms with van der Waals surface area (Å²) >= 11 is 2.73. The SMILES string of the molecule is CCN(CC)C(=O)c1ccc(NC(=O)CSc2nnc(NC)s2)cc1. The molecule has 2 rings (SSSR count). The van der Waals surface area contributed by atoms with Gasteiger partial charge in [-0.25, -0.2) is 0 Å². The first-order valence-corrected chi connectivity index (χ1v) is 9.70. The van der Waals surface area contributed by atoms with Crippen molar-refractivity contribution < 1.29 is 9.59 Å². The van der Waals surface area contributed by atoms with Gasteiger partial charge in [-0.2, -0.15) is 0 Å². The van der Waals surface area contributed by atoms with Gasteiger partial charge < -0.3 is 15.5 Å². The van der Waals surface area contributed by atoms with Crippen LogP contribution in [0.15, 0.2) is 28.6 Å². The molecule has 0 atom stereocenters. The lowest BCUT2D eigenvalue weighted by molar-refractivity contribution is -0.113. The fraction of sp³-hybridized carbons (Fsp3) is 0.375. The zero-order chi connectivity index (χ0) is 18.2. The topological polar surface area (TPSA) is 87.2 Å². The number of carbonyl (C=O) groups is 2. The van der Waals surface area contributed by atoms with E-state index in [9.17, 15) is 9.59 Å². The van der Waals surface area contributed by atoms with Gasteiger partial charge in [-0.3, -0.25) is 9.59 Å². The maximum atomic E-state index is 12.2. The highest BCUT2D eigenvalue weighted by molar-refractivity contribution is 8.01. The van der Waals surface area contributed by atoms with Crippen LogP contribution in [0.5, 0.6) is 0 Å². The average molecular weight is 380 g/mol. The van der Waals surface area contributed by atoms with Crippen molar-refractivity contribution in [1.29, 1.82) is 0 Å². The van der Waals surface area contributed by atoms with Gasteiger partial charge in [0.15, 0.2) is 4.34 Å². The first-order valence-electron chi connectivity index (χ1n) is 7.90. The summed E-state index contributed by atoms with van der Waals surface area (Å²) in [6, 6.07) is 6.94. The molecule has 0 unspecified atom stereocenters. The molecule has 1 aromatic carbocycles. The van der Waals surface area contributed by atoms with Crippen LogP contribution in [0, 0.1) is 0 Å². The van der Waals surface area contributed by atoms with E-state index in [1.807, 2.05) is 13.8 Å². The number of thioether (sulfide) groups is 1. The van der Waals surface area contributed by atoms with Crippen LogP contribution in [0.4, 0.5) is 10.8 Å². The lowest BCUT2D eigenvalue weighted by Gasteiger charge is -2.18. The maximum absolute atomic E-state index is 12.2. The molecule has 25 heavy (non-hydrogen) atoms. The fourth-order valence-corrected chi connectivity index (χ4v) is 3.59. The Hall–Kier alpha value is -2.13. The molecular weight excluding hydrogens is 358 g/mol. The quantitative estimate of drug-likeness (QED) is 0.686. The molecule has 0 spiro atoms. The van der Waals surface area contributed by atoms with E-state index in [2.05, 4.69) is 20.8 Å². The molecule has 2 amide bonds. The highest BCUT2D eigenvalue weighted by atomic mass is 32.2. The summed E-state index contributed by atoms with van der Waals surface area (Å²) in [5.41, 5.74) is 1.28. The predicted octanol–water partition coefficient (Wildman–Crippen LogP) is 2.79. The zero-order valence-corrected chi connectivity index (χ0v) is 16.0. The number of carbonyl (C=O) groups excluding carboxylic acids is 2. The van der Waals surface area contributed by atoms with Crippen LogP contribution < -0.4 is 10.6 Å². The van der Waals surface area contributed by atoms with E-state index in [0.717, 1.165) is 9.47 Å². The molecule has 1 heterocycles. The molecule has 0 aliphatic heterocycles. The summed E-state index contributed by atoms with van der Waals surface area (Å²) in [5, 5.41) is 14.3. The van der Waals surface area contributed by atoms with Gasteiger partial charge in [-0.1, -0.05) is 23.1 Å². The van der Waals surface area contributed by atoms with Crippen LogP contribution in [0.1, 0.15) is 24.2 Å². The summed E-state index contributed by atoms with van der Waals surface area (Å²) in [6.07, 6.45) is 0. The summed E-state index contributed by atoms with van der Waals surface area (Å²) in [6.45, 7) is 5.24. The highest BCUT2D eigenvalue weighted by Crippen LogP contribution is 2.25. The average Bonchev–Trinajstić information content (AvgIpc) is 3.10. The molecule has 0 radical (unpaired) electrons. The summed E-state index contributed by atoms with van der Waals surface area (Å²) < 4.78 is 0.736. The van der Waals surface area contributed by atoms with Crippen molar-refractivity contribution in [2.75, 3.05) is 36.5 Å². The zero-order valence-electron chi connectivity index (χ0n) is 14.4. The van der Waals surface area contributed by atoms with E-state index in [1.165, 1.54) is 23.1 Å². The van der Waals surface area contributed by atoms with Crippen molar-refractivity contribution in [3.05, 3.63) is 29.8 Å². The molecule has 0 saturated heterocycles. The van der Waals surface area contributed by atoms with Crippen molar-refractivity contribution >= 4 is 45.7 Å². The molecular formula is C16H21N5O2S2. The Morgan fingerprint density at radius 1 is 1.16 bits per heavy atom. The summed E-state index contributed by atoms with van der Waals surface area (Å²) in [5.74, 6) is 0.113. The summed E-state index contributed by atoms with van der Waals surface area (Å²) in [4.78, 5) is 26.0. The van der Waals surface area contributed by atoms with E-state index in [4.69, 9.17) is 0 Å². The molecule has 0 aliphatic carbocycles. The Morgan fingerprint density at radius 3 is 2.40 bits per heavy atom. The van der Waals surface area contributed by atoms with Crippen molar-refractivity contribution in [2.45, 2.75) is 18.2 Å². The van der Waals surface area contributed by atoms with Gasteiger partial charge in [0.05, 0.1) is 5.75 Å². The van der Waals surface area contributed by atoms with Crippen LogP contribution >= 0.6 is 23.1 Å². The Morgan fingerprint density at radius 2 is 1.84 bits per heavy atom. The highest BCUT2D eigenvalue weighted by Gasteiger charge is 2.12. The van der Waals surface area contributed by atoms with Gasteiger partial charge in [-0.15, -0.1) is 10.2 Å². The van der Waals surface area contributed by atoms with E-state index >= 15 is 0 Å². The number of anilines is 2. The van der Waals surface area contributed by atoms with Crippen LogP contribution in [-0.4, -0.2) is 52.8 Å². The largest absolute Gasteiger partial charge is 0.363 e. The normalized spacial score (nSPS) is 10.4. The lowest BCUT2D eigenvalue weighted by Crippen LogP contribution is -2.30. The lowest BCUT2D eigenvalue weighted by atomic mass is 10.2. The maximum Gasteiger partial charge on any atom is 0.253 e. The van der Waals surface area contributed by atoms with Crippen LogP contribution in [-0.2, 0) is 4.79 Å². The first kappa shape index (κ1) is 19.2. The van der Waals surface area contributed by atoms with E-state index in [-0.39, 0.29) is 17.6 Å². The number of nitrogens with zero attached hydrogens (tertiary/aromatic N) is 3.